The average Bonchev–Trinajstić information content (AvgIpc) is 2.60. The van der Waals surface area contributed by atoms with Crippen LogP contribution in [0.15, 0.2) is 48.5 Å². The van der Waals surface area contributed by atoms with Crippen molar-refractivity contribution in [3.8, 4) is 5.75 Å². The summed E-state index contributed by atoms with van der Waals surface area (Å²) in [5.74, 6) is 0.638. The highest BCUT2D eigenvalue weighted by Crippen LogP contribution is 2.16. The molecule has 0 aromatic heterocycles. The second-order valence-corrected chi connectivity index (χ2v) is 5.66. The molecule has 128 valence electrons. The Balaban J connectivity index is 1.99. The van der Waals surface area contributed by atoms with Gasteiger partial charge in [-0.1, -0.05) is 43.3 Å². The average molecular weight is 327 g/mol. The molecule has 2 aromatic carbocycles. The van der Waals surface area contributed by atoms with Crippen LogP contribution in [0.25, 0.3) is 0 Å². The van der Waals surface area contributed by atoms with Gasteiger partial charge in [0.25, 0.3) is 0 Å². The molecule has 0 aliphatic carbocycles. The van der Waals surface area contributed by atoms with Gasteiger partial charge in [0, 0.05) is 0 Å². The maximum Gasteiger partial charge on any atom is 0.224 e. The van der Waals surface area contributed by atoms with E-state index >= 15 is 0 Å². The predicted molar refractivity (Wildman–Crippen MR) is 95.1 cm³/mol. The Morgan fingerprint density at radius 1 is 1.12 bits per heavy atom. The molecule has 0 aliphatic rings. The topological polar surface area (TPSA) is 58.6 Å². The normalized spacial score (nSPS) is 11.8. The molecule has 2 aromatic rings. The molecule has 0 fully saturated rings. The number of hydrogen-bond donors (Lipinski definition) is 2. The quantitative estimate of drug-likeness (QED) is 0.783. The van der Waals surface area contributed by atoms with Crippen molar-refractivity contribution in [3.63, 3.8) is 0 Å². The van der Waals surface area contributed by atoms with E-state index in [9.17, 15) is 9.90 Å². The Kier molecular flexibility index (Phi) is 6.82. The monoisotopic (exact) mass is 327 g/mol. The molecular weight excluding hydrogens is 302 g/mol. The highest BCUT2D eigenvalue weighted by atomic mass is 16.5. The maximum atomic E-state index is 12.3. The van der Waals surface area contributed by atoms with Crippen LogP contribution in [0.1, 0.15) is 36.6 Å². The molecular formula is C20H25NO3. The zero-order valence-corrected chi connectivity index (χ0v) is 14.3. The molecule has 24 heavy (non-hydrogen) atoms. The van der Waals surface area contributed by atoms with Gasteiger partial charge >= 0.3 is 0 Å². The molecule has 0 saturated heterocycles. The number of aliphatic hydroxyl groups is 1. The molecule has 0 aliphatic heterocycles. The molecule has 1 atom stereocenters. The number of carbonyl (C=O) groups is 1. The van der Waals surface area contributed by atoms with Gasteiger partial charge in [0.1, 0.15) is 5.75 Å². The molecule has 0 saturated carbocycles. The number of carbonyl (C=O) groups excluding carboxylic acids is 1. The minimum atomic E-state index is -0.390. The van der Waals surface area contributed by atoms with Crippen LogP contribution in [0.4, 0.5) is 0 Å². The van der Waals surface area contributed by atoms with Gasteiger partial charge in [0.2, 0.25) is 5.91 Å². The van der Waals surface area contributed by atoms with Crippen molar-refractivity contribution in [1.82, 2.24) is 5.32 Å². The van der Waals surface area contributed by atoms with E-state index in [4.69, 9.17) is 4.74 Å². The largest absolute Gasteiger partial charge is 0.494 e. The summed E-state index contributed by atoms with van der Waals surface area (Å²) in [6.45, 7) is 4.48. The van der Waals surface area contributed by atoms with Crippen LogP contribution >= 0.6 is 0 Å². The van der Waals surface area contributed by atoms with Gasteiger partial charge < -0.3 is 15.2 Å². The highest BCUT2D eigenvalue weighted by Gasteiger charge is 2.14. The summed E-state index contributed by atoms with van der Waals surface area (Å²) < 4.78 is 5.45. The van der Waals surface area contributed by atoms with Crippen molar-refractivity contribution >= 4 is 5.91 Å². The first kappa shape index (κ1) is 18.0. The van der Waals surface area contributed by atoms with Gasteiger partial charge in [-0.25, -0.2) is 0 Å². The number of amides is 1. The summed E-state index contributed by atoms with van der Waals surface area (Å²) in [6.07, 6.45) is 1.22. The molecule has 0 spiro atoms. The van der Waals surface area contributed by atoms with Crippen molar-refractivity contribution in [2.45, 2.75) is 32.7 Å². The molecule has 0 radical (unpaired) electrons. The Morgan fingerprint density at radius 2 is 1.88 bits per heavy atom. The van der Waals surface area contributed by atoms with E-state index in [0.29, 0.717) is 6.61 Å². The molecule has 0 bridgehead atoms. The molecule has 2 N–H and O–H groups in total. The molecule has 4 nitrogen and oxygen atoms in total. The van der Waals surface area contributed by atoms with E-state index in [-0.39, 0.29) is 18.9 Å². The number of hydrogen-bond acceptors (Lipinski definition) is 3. The summed E-state index contributed by atoms with van der Waals surface area (Å²) >= 11 is 0. The van der Waals surface area contributed by atoms with Crippen LogP contribution in [0.5, 0.6) is 5.75 Å². The fourth-order valence-electron chi connectivity index (χ4n) is 2.56. The summed E-state index contributed by atoms with van der Waals surface area (Å²) in [5, 5.41) is 12.5. The molecule has 2 rings (SSSR count). The smallest absolute Gasteiger partial charge is 0.224 e. The van der Waals surface area contributed by atoms with Crippen LogP contribution in [-0.2, 0) is 17.6 Å². The van der Waals surface area contributed by atoms with Crippen LogP contribution in [0, 0.1) is 0 Å². The summed E-state index contributed by atoms with van der Waals surface area (Å²) in [6, 6.07) is 15.1. The Labute approximate surface area is 143 Å². The van der Waals surface area contributed by atoms with Gasteiger partial charge in [-0.05, 0) is 42.2 Å². The van der Waals surface area contributed by atoms with E-state index < -0.39 is 6.04 Å². The molecule has 0 heterocycles. The van der Waals surface area contributed by atoms with Crippen molar-refractivity contribution in [2.75, 3.05) is 13.2 Å². The second kappa shape index (κ2) is 9.08. The highest BCUT2D eigenvalue weighted by molar-refractivity contribution is 5.79. The van der Waals surface area contributed by atoms with Crippen LogP contribution in [0.2, 0.25) is 0 Å². The number of rotatable bonds is 8. The summed E-state index contributed by atoms with van der Waals surface area (Å²) in [7, 11) is 0. The third kappa shape index (κ3) is 5.10. The van der Waals surface area contributed by atoms with Gasteiger partial charge in [0.05, 0.1) is 25.7 Å². The molecule has 4 heteroatoms. The number of aliphatic hydroxyl groups excluding tert-OH is 1. The number of nitrogens with one attached hydrogen (secondary N) is 1. The van der Waals surface area contributed by atoms with Crippen molar-refractivity contribution in [2.24, 2.45) is 0 Å². The first-order valence-electron chi connectivity index (χ1n) is 8.37. The lowest BCUT2D eigenvalue weighted by atomic mass is 10.0. The predicted octanol–water partition coefficient (Wildman–Crippen LogP) is 3.04. The lowest BCUT2D eigenvalue weighted by Crippen LogP contribution is -2.31. The zero-order valence-electron chi connectivity index (χ0n) is 14.3. The van der Waals surface area contributed by atoms with Crippen LogP contribution in [0.3, 0.4) is 0 Å². The van der Waals surface area contributed by atoms with Gasteiger partial charge in [-0.3, -0.25) is 4.79 Å². The van der Waals surface area contributed by atoms with E-state index in [1.54, 1.807) is 0 Å². The molecule has 1 unspecified atom stereocenters. The molecule has 1 amide bonds. The summed E-state index contributed by atoms with van der Waals surface area (Å²) in [5.41, 5.74) is 3.03. The van der Waals surface area contributed by atoms with Gasteiger partial charge in [-0.2, -0.15) is 0 Å². The first-order valence-corrected chi connectivity index (χ1v) is 8.37. The second-order valence-electron chi connectivity index (χ2n) is 5.66. The van der Waals surface area contributed by atoms with Crippen molar-refractivity contribution in [1.29, 1.82) is 0 Å². The van der Waals surface area contributed by atoms with Crippen molar-refractivity contribution < 1.29 is 14.6 Å². The van der Waals surface area contributed by atoms with Gasteiger partial charge in [-0.15, -0.1) is 0 Å². The lowest BCUT2D eigenvalue weighted by molar-refractivity contribution is -0.121. The number of aryl methyl sites for hydroxylation is 1. The SMILES string of the molecule is CCOc1cccc(CC(=O)NC(CO)c2ccc(CC)cc2)c1. The maximum absolute atomic E-state index is 12.3. The third-order valence-electron chi connectivity index (χ3n) is 3.88. The minimum absolute atomic E-state index is 0.123. The van der Waals surface area contributed by atoms with E-state index in [1.807, 2.05) is 55.5 Å². The zero-order chi connectivity index (χ0) is 17.4. The minimum Gasteiger partial charge on any atom is -0.494 e. The van der Waals surface area contributed by atoms with E-state index in [1.165, 1.54) is 5.56 Å². The Morgan fingerprint density at radius 3 is 2.50 bits per heavy atom. The van der Waals surface area contributed by atoms with Crippen LogP contribution < -0.4 is 10.1 Å². The summed E-state index contributed by atoms with van der Waals surface area (Å²) in [4.78, 5) is 12.3. The Bertz CT molecular complexity index is 652. The fraction of sp³-hybridized carbons (Fsp3) is 0.350. The van der Waals surface area contributed by atoms with E-state index in [2.05, 4.69) is 12.2 Å². The van der Waals surface area contributed by atoms with Crippen molar-refractivity contribution in [3.05, 3.63) is 65.2 Å². The number of ether oxygens (including phenoxy) is 1. The van der Waals surface area contributed by atoms with Gasteiger partial charge in [0.15, 0.2) is 0 Å². The lowest BCUT2D eigenvalue weighted by Gasteiger charge is -2.17. The van der Waals surface area contributed by atoms with E-state index in [0.717, 1.165) is 23.3 Å². The number of benzene rings is 2. The van der Waals surface area contributed by atoms with Crippen LogP contribution in [-0.4, -0.2) is 24.2 Å². The first-order chi connectivity index (χ1) is 11.7. The Hall–Kier alpha value is -2.33. The fourth-order valence-corrected chi connectivity index (χ4v) is 2.56. The third-order valence-corrected chi connectivity index (χ3v) is 3.88. The standard InChI is InChI=1S/C20H25NO3/c1-3-15-8-10-17(11-9-15)19(14-22)21-20(23)13-16-6-5-7-18(12-16)24-4-2/h5-12,19,22H,3-4,13-14H2,1-2H3,(H,21,23).